The molecule has 30 heavy (non-hydrogen) atoms. The van der Waals surface area contributed by atoms with E-state index < -0.39 is 26.8 Å². The molecule has 0 radical (unpaired) electrons. The summed E-state index contributed by atoms with van der Waals surface area (Å²) in [7, 11) is -4.18. The fraction of sp³-hybridized carbons (Fsp3) is 0.381. The van der Waals surface area contributed by atoms with Crippen LogP contribution in [0, 0.1) is 11.7 Å². The van der Waals surface area contributed by atoms with Gasteiger partial charge in [0, 0.05) is 26.2 Å². The summed E-state index contributed by atoms with van der Waals surface area (Å²) in [5, 5.41) is 0.648. The summed E-state index contributed by atoms with van der Waals surface area (Å²) in [6, 6.07) is 11.7. The van der Waals surface area contributed by atoms with Crippen molar-refractivity contribution >= 4 is 33.2 Å². The number of piperazine rings is 1. The van der Waals surface area contributed by atoms with Crippen LogP contribution in [0.3, 0.4) is 0 Å². The zero-order chi connectivity index (χ0) is 21.9. The van der Waals surface area contributed by atoms with Gasteiger partial charge in [0.05, 0.1) is 10.7 Å². The third kappa shape index (κ3) is 4.94. The minimum Gasteiger partial charge on any atom is -0.367 e. The fourth-order valence-corrected chi connectivity index (χ4v) is 5.11. The number of carbonyl (C=O) groups is 1. The van der Waals surface area contributed by atoms with Crippen molar-refractivity contribution in [3.05, 3.63) is 59.4 Å². The molecule has 162 valence electrons. The minimum atomic E-state index is -4.18. The highest BCUT2D eigenvalue weighted by molar-refractivity contribution is 7.89. The first-order chi connectivity index (χ1) is 14.2. The summed E-state index contributed by atoms with van der Waals surface area (Å²) < 4.78 is 41.8. The van der Waals surface area contributed by atoms with Gasteiger partial charge in [0.2, 0.25) is 15.9 Å². The molecule has 1 fully saturated rings. The second-order valence-electron chi connectivity index (χ2n) is 7.54. The maximum Gasteiger partial charge on any atom is 0.244 e. The molecule has 0 saturated carbocycles. The Hall–Kier alpha value is -2.16. The molecule has 1 saturated heterocycles. The first-order valence-electron chi connectivity index (χ1n) is 9.76. The highest BCUT2D eigenvalue weighted by Crippen LogP contribution is 2.26. The van der Waals surface area contributed by atoms with E-state index >= 15 is 0 Å². The normalized spacial score (nSPS) is 16.0. The number of anilines is 1. The Kier molecular flexibility index (Phi) is 7.00. The molecule has 1 unspecified atom stereocenters. The summed E-state index contributed by atoms with van der Waals surface area (Å²) in [6.45, 7) is 5.56. The van der Waals surface area contributed by atoms with Gasteiger partial charge in [0.15, 0.2) is 0 Å². The third-order valence-corrected chi connectivity index (χ3v) is 6.92. The number of sulfonamides is 1. The Morgan fingerprint density at radius 3 is 2.23 bits per heavy atom. The summed E-state index contributed by atoms with van der Waals surface area (Å²) in [5.74, 6) is -1.47. The molecule has 1 amide bonds. The van der Waals surface area contributed by atoms with Gasteiger partial charge >= 0.3 is 0 Å². The predicted octanol–water partition coefficient (Wildman–Crippen LogP) is 3.13. The number of para-hydroxylation sites is 1. The van der Waals surface area contributed by atoms with Crippen LogP contribution in [0.25, 0.3) is 0 Å². The molecule has 1 aliphatic heterocycles. The molecular weight excluding hydrogens is 429 g/mol. The summed E-state index contributed by atoms with van der Waals surface area (Å²) >= 11 is 6.26. The maximum atomic E-state index is 14.0. The zero-order valence-electron chi connectivity index (χ0n) is 16.9. The van der Waals surface area contributed by atoms with Gasteiger partial charge in [-0.1, -0.05) is 49.7 Å². The van der Waals surface area contributed by atoms with Gasteiger partial charge in [-0.25, -0.2) is 12.8 Å². The number of benzene rings is 2. The molecule has 3 rings (SSSR count). The molecule has 0 aromatic heterocycles. The van der Waals surface area contributed by atoms with Gasteiger partial charge in [-0.15, -0.1) is 0 Å². The average molecular weight is 454 g/mol. The zero-order valence-corrected chi connectivity index (χ0v) is 18.5. The van der Waals surface area contributed by atoms with Crippen LogP contribution in [0.4, 0.5) is 10.1 Å². The van der Waals surface area contributed by atoms with Gasteiger partial charge in [-0.05, 0) is 30.2 Å². The lowest BCUT2D eigenvalue weighted by atomic mass is 10.0. The lowest BCUT2D eigenvalue weighted by Crippen LogP contribution is -2.56. The van der Waals surface area contributed by atoms with Crippen LogP contribution >= 0.6 is 11.6 Å². The molecule has 0 aliphatic carbocycles. The molecule has 1 atom stereocenters. The van der Waals surface area contributed by atoms with Crippen LogP contribution in [-0.2, 0) is 14.8 Å². The second-order valence-corrected chi connectivity index (χ2v) is 9.63. The highest BCUT2D eigenvalue weighted by Gasteiger charge is 2.34. The summed E-state index contributed by atoms with van der Waals surface area (Å²) in [6.07, 6.45) is 0. The van der Waals surface area contributed by atoms with E-state index in [1.54, 1.807) is 18.7 Å². The smallest absolute Gasteiger partial charge is 0.244 e. The highest BCUT2D eigenvalue weighted by atomic mass is 35.5. The Morgan fingerprint density at radius 1 is 1.03 bits per heavy atom. The number of rotatable bonds is 6. The van der Waals surface area contributed by atoms with E-state index in [0.29, 0.717) is 31.2 Å². The molecule has 2 aromatic rings. The largest absolute Gasteiger partial charge is 0.367 e. The molecular formula is C21H25ClFN3O3S. The summed E-state index contributed by atoms with van der Waals surface area (Å²) in [4.78, 5) is 16.4. The SMILES string of the molecule is CC(C)C(NS(=O)(=O)c1ccccc1F)C(=O)N1CCN(c2ccccc2Cl)CC1. The van der Waals surface area contributed by atoms with Crippen LogP contribution < -0.4 is 9.62 Å². The van der Waals surface area contributed by atoms with E-state index in [4.69, 9.17) is 11.6 Å². The molecule has 6 nitrogen and oxygen atoms in total. The quantitative estimate of drug-likeness (QED) is 0.729. The molecule has 2 aromatic carbocycles. The number of carbonyl (C=O) groups excluding carboxylic acids is 1. The first-order valence-corrected chi connectivity index (χ1v) is 11.6. The number of amides is 1. The standard InChI is InChI=1S/C21H25ClFN3O3S/c1-15(2)20(24-30(28,29)19-10-6-4-8-17(19)23)21(27)26-13-11-25(12-14-26)18-9-5-3-7-16(18)22/h3-10,15,20,24H,11-14H2,1-2H3. The van der Waals surface area contributed by atoms with Crippen LogP contribution in [0.15, 0.2) is 53.4 Å². The van der Waals surface area contributed by atoms with E-state index in [0.717, 1.165) is 11.8 Å². The lowest BCUT2D eigenvalue weighted by molar-refractivity contribution is -0.134. The topological polar surface area (TPSA) is 69.7 Å². The molecule has 0 bridgehead atoms. The monoisotopic (exact) mass is 453 g/mol. The lowest BCUT2D eigenvalue weighted by Gasteiger charge is -2.38. The van der Waals surface area contributed by atoms with Crippen molar-refractivity contribution in [1.29, 1.82) is 0 Å². The number of nitrogens with zero attached hydrogens (tertiary/aromatic N) is 2. The van der Waals surface area contributed by atoms with Gasteiger partial charge in [-0.3, -0.25) is 4.79 Å². The average Bonchev–Trinajstić information content (AvgIpc) is 2.72. The Bertz CT molecular complexity index is 1010. The Balaban J connectivity index is 1.71. The minimum absolute atomic E-state index is 0.305. The molecule has 9 heteroatoms. The van der Waals surface area contributed by atoms with Gasteiger partial charge < -0.3 is 9.80 Å². The van der Waals surface area contributed by atoms with Crippen molar-refractivity contribution in [2.75, 3.05) is 31.1 Å². The van der Waals surface area contributed by atoms with Crippen molar-refractivity contribution < 1.29 is 17.6 Å². The van der Waals surface area contributed by atoms with E-state index in [9.17, 15) is 17.6 Å². The summed E-state index contributed by atoms with van der Waals surface area (Å²) in [5.41, 5.74) is 0.909. The number of hydrogen-bond acceptors (Lipinski definition) is 4. The number of hydrogen-bond donors (Lipinski definition) is 1. The van der Waals surface area contributed by atoms with E-state index in [1.807, 2.05) is 24.3 Å². The van der Waals surface area contributed by atoms with Crippen molar-refractivity contribution in [3.63, 3.8) is 0 Å². The molecule has 1 aliphatic rings. The van der Waals surface area contributed by atoms with Crippen LogP contribution in [-0.4, -0.2) is 51.4 Å². The van der Waals surface area contributed by atoms with Crippen molar-refractivity contribution in [3.8, 4) is 0 Å². The van der Waals surface area contributed by atoms with Gasteiger partial charge in [0.25, 0.3) is 0 Å². The van der Waals surface area contributed by atoms with Crippen LogP contribution in [0.5, 0.6) is 0 Å². The Morgan fingerprint density at radius 2 is 1.63 bits per heavy atom. The Labute approximate surface area is 181 Å². The van der Waals surface area contributed by atoms with E-state index in [-0.39, 0.29) is 11.8 Å². The van der Waals surface area contributed by atoms with E-state index in [2.05, 4.69) is 9.62 Å². The third-order valence-electron chi connectivity index (χ3n) is 5.13. The first kappa shape index (κ1) is 22.5. The van der Waals surface area contributed by atoms with Crippen molar-refractivity contribution in [2.24, 2.45) is 5.92 Å². The van der Waals surface area contributed by atoms with Crippen molar-refractivity contribution in [1.82, 2.24) is 9.62 Å². The van der Waals surface area contributed by atoms with Gasteiger partial charge in [0.1, 0.15) is 16.8 Å². The maximum absolute atomic E-state index is 14.0. The second kappa shape index (κ2) is 9.32. The van der Waals surface area contributed by atoms with Crippen LogP contribution in [0.2, 0.25) is 5.02 Å². The molecule has 1 N–H and O–H groups in total. The van der Waals surface area contributed by atoms with E-state index in [1.165, 1.54) is 18.2 Å². The molecule has 0 spiro atoms. The fourth-order valence-electron chi connectivity index (χ4n) is 3.44. The van der Waals surface area contributed by atoms with Crippen LogP contribution in [0.1, 0.15) is 13.8 Å². The van der Waals surface area contributed by atoms with Crippen molar-refractivity contribution in [2.45, 2.75) is 24.8 Å². The van der Waals surface area contributed by atoms with Gasteiger partial charge in [-0.2, -0.15) is 4.72 Å². The predicted molar refractivity (Wildman–Crippen MR) is 116 cm³/mol. The number of halogens is 2. The molecule has 1 heterocycles. The number of nitrogens with one attached hydrogen (secondary N) is 1.